The highest BCUT2D eigenvalue weighted by molar-refractivity contribution is 5.82. The smallest absolute Gasteiger partial charge is 0.239 e. The molecule has 0 bridgehead atoms. The van der Waals surface area contributed by atoms with E-state index in [-0.39, 0.29) is 36.3 Å². The standard InChI is InChI=1S/C24H28F2N6O/c1-4-6-16(3)10-18(7-5-2)22-19(25)11-17(12-28-22)13-29-23-21(26)24(31-15-30-23)32-9-8-27-20(33)14-32/h5-7,10-12,15H,4,8-9,13-14H2,1-3H3,(H,27,33)(H,29,30,31)/b7-5-,16-6+,18-10+. The Labute approximate surface area is 192 Å². The number of hydrogen-bond acceptors (Lipinski definition) is 6. The van der Waals surface area contributed by atoms with Crippen molar-refractivity contribution in [2.24, 2.45) is 0 Å². The second-order valence-corrected chi connectivity index (χ2v) is 7.61. The molecule has 2 N–H and O–H groups in total. The fourth-order valence-corrected chi connectivity index (χ4v) is 3.50. The maximum Gasteiger partial charge on any atom is 0.239 e. The van der Waals surface area contributed by atoms with Crippen molar-refractivity contribution < 1.29 is 13.6 Å². The van der Waals surface area contributed by atoms with Crippen LogP contribution in [0, 0.1) is 11.6 Å². The van der Waals surface area contributed by atoms with Crippen LogP contribution >= 0.6 is 0 Å². The second-order valence-electron chi connectivity index (χ2n) is 7.61. The maximum atomic E-state index is 14.9. The average molecular weight is 455 g/mol. The maximum absolute atomic E-state index is 14.9. The van der Waals surface area contributed by atoms with Gasteiger partial charge in [0.15, 0.2) is 11.6 Å². The molecule has 33 heavy (non-hydrogen) atoms. The van der Waals surface area contributed by atoms with Gasteiger partial charge in [0.05, 0.1) is 6.54 Å². The predicted octanol–water partition coefficient (Wildman–Crippen LogP) is 4.01. The van der Waals surface area contributed by atoms with Gasteiger partial charge >= 0.3 is 0 Å². The van der Waals surface area contributed by atoms with Gasteiger partial charge in [0.25, 0.3) is 0 Å². The Balaban J connectivity index is 1.76. The van der Waals surface area contributed by atoms with E-state index in [1.807, 2.05) is 39.0 Å². The molecule has 1 aliphatic heterocycles. The predicted molar refractivity (Wildman–Crippen MR) is 126 cm³/mol. The van der Waals surface area contributed by atoms with E-state index in [4.69, 9.17) is 0 Å². The van der Waals surface area contributed by atoms with Gasteiger partial charge in [-0.25, -0.2) is 14.4 Å². The molecule has 0 aliphatic carbocycles. The summed E-state index contributed by atoms with van der Waals surface area (Å²) in [6.45, 7) is 6.88. The molecule has 0 unspecified atom stereocenters. The van der Waals surface area contributed by atoms with Gasteiger partial charge in [-0.05, 0) is 31.9 Å². The minimum absolute atomic E-state index is 0.0229. The number of nitrogens with one attached hydrogen (secondary N) is 2. The number of carbonyl (C=O) groups excluding carboxylic acids is 1. The van der Waals surface area contributed by atoms with Crippen LogP contribution < -0.4 is 15.5 Å². The summed E-state index contributed by atoms with van der Waals surface area (Å²) in [5.41, 5.74) is 2.49. The van der Waals surface area contributed by atoms with Crippen molar-refractivity contribution in [2.75, 3.05) is 29.9 Å². The van der Waals surface area contributed by atoms with Gasteiger partial charge in [0.2, 0.25) is 11.7 Å². The van der Waals surface area contributed by atoms with Gasteiger partial charge in [-0.1, -0.05) is 36.8 Å². The van der Waals surface area contributed by atoms with E-state index >= 15 is 0 Å². The molecule has 1 aliphatic rings. The summed E-state index contributed by atoms with van der Waals surface area (Å²) >= 11 is 0. The molecule has 1 saturated heterocycles. The molecule has 0 radical (unpaired) electrons. The van der Waals surface area contributed by atoms with Gasteiger partial charge in [-0.2, -0.15) is 4.39 Å². The molecule has 2 aromatic rings. The highest BCUT2D eigenvalue weighted by Crippen LogP contribution is 2.23. The molecule has 1 amide bonds. The minimum atomic E-state index is -0.659. The Hall–Kier alpha value is -3.62. The van der Waals surface area contributed by atoms with Crippen LogP contribution in [0.25, 0.3) is 5.57 Å². The minimum Gasteiger partial charge on any atom is -0.363 e. The number of allylic oxidation sites excluding steroid dienone is 6. The Bertz CT molecular complexity index is 1100. The molecule has 0 aromatic carbocycles. The summed E-state index contributed by atoms with van der Waals surface area (Å²) in [4.78, 5) is 25.4. The summed E-state index contributed by atoms with van der Waals surface area (Å²) in [5.74, 6) is -1.29. The number of halogens is 2. The highest BCUT2D eigenvalue weighted by atomic mass is 19.1. The largest absolute Gasteiger partial charge is 0.363 e. The molecule has 3 rings (SSSR count). The Kier molecular flexibility index (Phi) is 8.23. The first-order chi connectivity index (χ1) is 15.9. The van der Waals surface area contributed by atoms with Crippen LogP contribution in [0.2, 0.25) is 0 Å². The van der Waals surface area contributed by atoms with Gasteiger partial charge in [-0.3, -0.25) is 9.78 Å². The molecule has 3 heterocycles. The number of carbonyl (C=O) groups is 1. The third kappa shape index (κ3) is 6.21. The fraction of sp³-hybridized carbons (Fsp3) is 0.333. The summed E-state index contributed by atoms with van der Waals surface area (Å²) in [5, 5.41) is 5.56. The van der Waals surface area contributed by atoms with Crippen LogP contribution in [0.3, 0.4) is 0 Å². The number of aromatic nitrogens is 3. The number of hydrogen-bond donors (Lipinski definition) is 2. The second kappa shape index (κ2) is 11.3. The molecule has 1 fully saturated rings. The molecule has 2 aromatic heterocycles. The zero-order valence-corrected chi connectivity index (χ0v) is 19.0. The van der Waals surface area contributed by atoms with E-state index in [1.54, 1.807) is 11.1 Å². The van der Waals surface area contributed by atoms with Crippen molar-refractivity contribution in [3.05, 3.63) is 71.4 Å². The average Bonchev–Trinajstić information content (AvgIpc) is 2.78. The SMILES string of the molecule is C\C=C/C(=C\C(C)=C\CC)c1ncc(CNc2ncnc(N3CCNC(=O)C3)c2F)cc1F. The normalized spacial score (nSPS) is 15.2. The fourth-order valence-electron chi connectivity index (χ4n) is 3.50. The Morgan fingerprint density at radius 1 is 1.30 bits per heavy atom. The van der Waals surface area contributed by atoms with Crippen LogP contribution in [0.4, 0.5) is 20.4 Å². The van der Waals surface area contributed by atoms with Gasteiger partial charge in [0, 0.05) is 31.4 Å². The topological polar surface area (TPSA) is 83.0 Å². The number of pyridine rings is 1. The molecular formula is C24H28F2N6O. The molecule has 0 atom stereocenters. The molecule has 0 spiro atoms. The lowest BCUT2D eigenvalue weighted by atomic mass is 10.1. The van der Waals surface area contributed by atoms with Gasteiger partial charge in [0.1, 0.15) is 17.8 Å². The highest BCUT2D eigenvalue weighted by Gasteiger charge is 2.22. The van der Waals surface area contributed by atoms with Crippen molar-refractivity contribution in [3.63, 3.8) is 0 Å². The van der Waals surface area contributed by atoms with Crippen molar-refractivity contribution in [1.29, 1.82) is 0 Å². The third-order valence-electron chi connectivity index (χ3n) is 5.00. The monoisotopic (exact) mass is 454 g/mol. The molecule has 7 nitrogen and oxygen atoms in total. The van der Waals surface area contributed by atoms with Gasteiger partial charge < -0.3 is 15.5 Å². The van der Waals surface area contributed by atoms with E-state index in [0.717, 1.165) is 12.0 Å². The zero-order chi connectivity index (χ0) is 23.8. The number of nitrogens with zero attached hydrogens (tertiary/aromatic N) is 4. The van der Waals surface area contributed by atoms with Crippen molar-refractivity contribution in [2.45, 2.75) is 33.7 Å². The number of amides is 1. The number of rotatable bonds is 8. The van der Waals surface area contributed by atoms with Crippen LogP contribution in [0.15, 0.2) is 48.5 Å². The van der Waals surface area contributed by atoms with Crippen molar-refractivity contribution >= 4 is 23.1 Å². The van der Waals surface area contributed by atoms with E-state index in [0.29, 0.717) is 24.2 Å². The molecular weight excluding hydrogens is 426 g/mol. The van der Waals surface area contributed by atoms with E-state index < -0.39 is 11.6 Å². The van der Waals surface area contributed by atoms with Crippen LogP contribution in [-0.4, -0.2) is 40.5 Å². The van der Waals surface area contributed by atoms with Crippen LogP contribution in [-0.2, 0) is 11.3 Å². The zero-order valence-electron chi connectivity index (χ0n) is 19.0. The van der Waals surface area contributed by atoms with Crippen LogP contribution in [0.5, 0.6) is 0 Å². The third-order valence-corrected chi connectivity index (χ3v) is 5.00. The summed E-state index contributed by atoms with van der Waals surface area (Å²) in [7, 11) is 0. The Morgan fingerprint density at radius 3 is 2.82 bits per heavy atom. The lowest BCUT2D eigenvalue weighted by Gasteiger charge is -2.27. The molecule has 9 heteroatoms. The first-order valence-electron chi connectivity index (χ1n) is 10.8. The van der Waals surface area contributed by atoms with Gasteiger partial charge in [-0.15, -0.1) is 0 Å². The first-order valence-corrected chi connectivity index (χ1v) is 10.8. The summed E-state index contributed by atoms with van der Waals surface area (Å²) in [6.07, 6.45) is 11.3. The number of anilines is 2. The quantitative estimate of drug-likeness (QED) is 0.587. The molecule has 0 saturated carbocycles. The van der Waals surface area contributed by atoms with E-state index in [1.165, 1.54) is 12.4 Å². The van der Waals surface area contributed by atoms with E-state index in [9.17, 15) is 13.6 Å². The number of piperazine rings is 1. The summed E-state index contributed by atoms with van der Waals surface area (Å²) in [6, 6.07) is 1.38. The van der Waals surface area contributed by atoms with Crippen molar-refractivity contribution in [3.8, 4) is 0 Å². The van der Waals surface area contributed by atoms with E-state index in [2.05, 4.69) is 31.7 Å². The molecule has 174 valence electrons. The summed E-state index contributed by atoms with van der Waals surface area (Å²) < 4.78 is 29.8. The van der Waals surface area contributed by atoms with Crippen LogP contribution in [0.1, 0.15) is 38.4 Å². The first kappa shape index (κ1) is 24.0. The Morgan fingerprint density at radius 2 is 2.12 bits per heavy atom. The van der Waals surface area contributed by atoms with Crippen molar-refractivity contribution in [1.82, 2.24) is 20.3 Å². The lowest BCUT2D eigenvalue weighted by Crippen LogP contribution is -2.48. The lowest BCUT2D eigenvalue weighted by molar-refractivity contribution is -0.120.